The minimum absolute atomic E-state index is 0.440. The Morgan fingerprint density at radius 2 is 1.27 bits per heavy atom. The molecule has 0 atom stereocenters. The molecule has 33 heavy (non-hydrogen) atoms. The van der Waals surface area contributed by atoms with Crippen LogP contribution in [0.3, 0.4) is 0 Å². The number of benzene rings is 1. The van der Waals surface area contributed by atoms with Crippen LogP contribution in [-0.4, -0.2) is 68.7 Å². The first-order chi connectivity index (χ1) is 16.2. The third kappa shape index (κ3) is 5.55. The van der Waals surface area contributed by atoms with E-state index in [1.165, 1.54) is 12.8 Å². The van der Waals surface area contributed by atoms with Gasteiger partial charge in [-0.25, -0.2) is 5.43 Å². The van der Waals surface area contributed by atoms with Crippen molar-refractivity contribution in [3.05, 3.63) is 17.7 Å². The Kier molecular flexibility index (Phi) is 7.64. The fourth-order valence-corrected chi connectivity index (χ4v) is 4.21. The summed E-state index contributed by atoms with van der Waals surface area (Å²) in [6, 6.07) is 3.66. The van der Waals surface area contributed by atoms with Crippen LogP contribution in [0.4, 0.5) is 17.8 Å². The van der Waals surface area contributed by atoms with Crippen molar-refractivity contribution in [2.75, 3.05) is 62.7 Å². The summed E-state index contributed by atoms with van der Waals surface area (Å²) in [5, 5.41) is 4.37. The first kappa shape index (κ1) is 22.9. The molecule has 178 valence electrons. The van der Waals surface area contributed by atoms with Gasteiger partial charge < -0.3 is 24.0 Å². The maximum atomic E-state index is 5.42. The van der Waals surface area contributed by atoms with E-state index in [1.54, 1.807) is 27.5 Å². The van der Waals surface area contributed by atoms with Crippen molar-refractivity contribution in [3.63, 3.8) is 0 Å². The molecule has 1 aromatic carbocycles. The largest absolute Gasteiger partial charge is 0.493 e. The van der Waals surface area contributed by atoms with Crippen LogP contribution < -0.4 is 29.4 Å². The highest BCUT2D eigenvalue weighted by Crippen LogP contribution is 2.37. The van der Waals surface area contributed by atoms with Crippen LogP contribution in [0.25, 0.3) is 0 Å². The fraction of sp³-hybridized carbons (Fsp3) is 0.565. The second kappa shape index (κ2) is 11.0. The number of nitrogens with one attached hydrogen (secondary N) is 1. The van der Waals surface area contributed by atoms with Crippen LogP contribution in [0.5, 0.6) is 17.2 Å². The molecule has 2 saturated heterocycles. The zero-order valence-corrected chi connectivity index (χ0v) is 19.7. The van der Waals surface area contributed by atoms with Gasteiger partial charge in [0.25, 0.3) is 0 Å². The van der Waals surface area contributed by atoms with Crippen LogP contribution in [0, 0.1) is 0 Å². The number of hydrogen-bond donors (Lipinski definition) is 1. The van der Waals surface area contributed by atoms with E-state index < -0.39 is 0 Å². The highest BCUT2D eigenvalue weighted by atomic mass is 16.5. The van der Waals surface area contributed by atoms with Gasteiger partial charge in [0.05, 0.1) is 27.5 Å². The van der Waals surface area contributed by atoms with Crippen molar-refractivity contribution in [1.82, 2.24) is 15.0 Å². The summed E-state index contributed by atoms with van der Waals surface area (Å²) < 4.78 is 16.2. The first-order valence-corrected chi connectivity index (χ1v) is 11.6. The maximum Gasteiger partial charge on any atom is 0.250 e. The normalized spacial score (nSPS) is 16.7. The quantitative estimate of drug-likeness (QED) is 0.475. The van der Waals surface area contributed by atoms with Gasteiger partial charge in [0.1, 0.15) is 0 Å². The van der Waals surface area contributed by atoms with Gasteiger partial charge in [-0.05, 0) is 50.7 Å². The Morgan fingerprint density at radius 1 is 0.758 bits per heavy atom. The van der Waals surface area contributed by atoms with E-state index in [-0.39, 0.29) is 0 Å². The van der Waals surface area contributed by atoms with Crippen molar-refractivity contribution in [3.8, 4) is 17.2 Å². The molecule has 0 unspecified atom stereocenters. The summed E-state index contributed by atoms with van der Waals surface area (Å²) in [4.78, 5) is 18.6. The van der Waals surface area contributed by atoms with Crippen LogP contribution in [0.15, 0.2) is 17.2 Å². The topological polar surface area (TPSA) is 97.2 Å². The average Bonchev–Trinajstić information content (AvgIpc) is 2.89. The predicted octanol–water partition coefficient (Wildman–Crippen LogP) is 3.32. The molecular formula is C23H33N7O3. The van der Waals surface area contributed by atoms with E-state index >= 15 is 0 Å². The molecule has 0 radical (unpaired) electrons. The van der Waals surface area contributed by atoms with E-state index in [4.69, 9.17) is 19.2 Å². The molecule has 4 rings (SSSR count). The van der Waals surface area contributed by atoms with Crippen molar-refractivity contribution < 1.29 is 14.2 Å². The Morgan fingerprint density at radius 3 is 1.73 bits per heavy atom. The minimum Gasteiger partial charge on any atom is -0.493 e. The lowest BCUT2D eigenvalue weighted by Crippen LogP contribution is -2.34. The molecule has 2 aliphatic heterocycles. The third-order valence-electron chi connectivity index (χ3n) is 5.95. The molecule has 0 aliphatic carbocycles. The SMILES string of the molecule is COc1cc(C=NNc2nc(N3CCCCC3)nc(N3CCCCC3)n2)cc(OC)c1OC. The van der Waals surface area contributed by atoms with Gasteiger partial charge in [-0.15, -0.1) is 0 Å². The van der Waals surface area contributed by atoms with E-state index in [1.807, 2.05) is 12.1 Å². The summed E-state index contributed by atoms with van der Waals surface area (Å²) in [6.45, 7) is 3.88. The van der Waals surface area contributed by atoms with Gasteiger partial charge in [-0.3, -0.25) is 0 Å². The van der Waals surface area contributed by atoms with Gasteiger partial charge in [0.15, 0.2) is 11.5 Å². The van der Waals surface area contributed by atoms with Gasteiger partial charge in [-0.1, -0.05) is 0 Å². The Hall–Kier alpha value is -3.30. The first-order valence-electron chi connectivity index (χ1n) is 11.6. The number of aromatic nitrogens is 3. The molecule has 1 aromatic heterocycles. The van der Waals surface area contributed by atoms with Crippen molar-refractivity contribution >= 4 is 24.1 Å². The third-order valence-corrected chi connectivity index (χ3v) is 5.95. The Bertz CT molecular complexity index is 896. The predicted molar refractivity (Wildman–Crippen MR) is 129 cm³/mol. The van der Waals surface area contributed by atoms with E-state index in [2.05, 4.69) is 30.3 Å². The molecule has 2 aliphatic rings. The van der Waals surface area contributed by atoms with Crippen LogP contribution in [-0.2, 0) is 0 Å². The molecule has 3 heterocycles. The molecule has 10 nitrogen and oxygen atoms in total. The van der Waals surface area contributed by atoms with Gasteiger partial charge in [0.2, 0.25) is 23.6 Å². The zero-order chi connectivity index (χ0) is 23.0. The van der Waals surface area contributed by atoms with Crippen molar-refractivity contribution in [2.45, 2.75) is 38.5 Å². The van der Waals surface area contributed by atoms with Crippen molar-refractivity contribution in [2.24, 2.45) is 5.10 Å². The number of hydrogen-bond acceptors (Lipinski definition) is 10. The zero-order valence-electron chi connectivity index (χ0n) is 19.7. The molecule has 0 saturated carbocycles. The lowest BCUT2D eigenvalue weighted by molar-refractivity contribution is 0.324. The molecular weight excluding hydrogens is 422 g/mol. The summed E-state index contributed by atoms with van der Waals surface area (Å²) in [6.07, 6.45) is 8.82. The van der Waals surface area contributed by atoms with E-state index in [0.717, 1.165) is 69.3 Å². The molecule has 2 fully saturated rings. The van der Waals surface area contributed by atoms with Crippen LogP contribution in [0.1, 0.15) is 44.1 Å². The number of rotatable bonds is 8. The number of hydrazone groups is 1. The number of methoxy groups -OCH3 is 3. The summed E-state index contributed by atoms with van der Waals surface area (Å²) in [7, 11) is 4.76. The number of ether oxygens (including phenoxy) is 3. The average molecular weight is 456 g/mol. The maximum absolute atomic E-state index is 5.42. The van der Waals surface area contributed by atoms with Crippen molar-refractivity contribution in [1.29, 1.82) is 0 Å². The van der Waals surface area contributed by atoms with E-state index in [9.17, 15) is 0 Å². The lowest BCUT2D eigenvalue weighted by atomic mass is 10.1. The summed E-state index contributed by atoms with van der Waals surface area (Å²) >= 11 is 0. The van der Waals surface area contributed by atoms with Gasteiger partial charge in [0, 0.05) is 31.7 Å². The summed E-state index contributed by atoms with van der Waals surface area (Å²) in [5.74, 6) is 3.55. The van der Waals surface area contributed by atoms with E-state index in [0.29, 0.717) is 23.2 Å². The second-order valence-electron chi connectivity index (χ2n) is 8.18. The highest BCUT2D eigenvalue weighted by molar-refractivity contribution is 5.82. The minimum atomic E-state index is 0.440. The van der Waals surface area contributed by atoms with Crippen LogP contribution in [0.2, 0.25) is 0 Å². The van der Waals surface area contributed by atoms with Gasteiger partial charge >= 0.3 is 0 Å². The monoisotopic (exact) mass is 455 g/mol. The Labute approximate surface area is 195 Å². The number of piperidine rings is 2. The molecule has 2 aromatic rings. The molecule has 1 N–H and O–H groups in total. The van der Waals surface area contributed by atoms with Gasteiger partial charge in [-0.2, -0.15) is 20.1 Å². The van der Waals surface area contributed by atoms with Crippen LogP contribution >= 0.6 is 0 Å². The lowest BCUT2D eigenvalue weighted by Gasteiger charge is -2.30. The number of nitrogens with zero attached hydrogens (tertiary/aromatic N) is 6. The second-order valence-corrected chi connectivity index (χ2v) is 8.18. The fourth-order valence-electron chi connectivity index (χ4n) is 4.21. The molecule has 0 bridgehead atoms. The summed E-state index contributed by atoms with van der Waals surface area (Å²) in [5.41, 5.74) is 3.79. The standard InChI is InChI=1S/C23H33N7O3/c1-31-18-14-17(15-19(32-2)20(18)33-3)16-24-28-21-25-22(29-10-6-4-7-11-29)27-23(26-21)30-12-8-5-9-13-30/h14-16H,4-13H2,1-3H3,(H,25,26,27,28). The smallest absolute Gasteiger partial charge is 0.250 e. The highest BCUT2D eigenvalue weighted by Gasteiger charge is 2.20. The molecule has 0 spiro atoms. The number of anilines is 3. The molecule has 10 heteroatoms. The molecule has 0 amide bonds. The Balaban J connectivity index is 1.57.